The molecule has 2 aromatic heterocycles. The van der Waals surface area contributed by atoms with Gasteiger partial charge in [0, 0.05) is 34.1 Å². The smallest absolute Gasteiger partial charge is 0.149 e. The summed E-state index contributed by atoms with van der Waals surface area (Å²) in [5.41, 5.74) is 14.1. The molecule has 0 spiro atoms. The third-order valence-corrected chi connectivity index (χ3v) is 12.0. The summed E-state index contributed by atoms with van der Waals surface area (Å²) in [6, 6.07) is 44.8. The van der Waals surface area contributed by atoms with E-state index in [9.17, 15) is 6.48 Å². The van der Waals surface area contributed by atoms with Gasteiger partial charge < -0.3 is 5.11 Å². The second-order valence-corrected chi connectivity index (χ2v) is 20.0. The van der Waals surface area contributed by atoms with Crippen LogP contribution in [-0.2, 0) is 16.2 Å². The molecule has 0 fully saturated rings. The maximum Gasteiger partial charge on any atom is 0.149 e. The lowest BCUT2D eigenvalue weighted by Crippen LogP contribution is -2.17. The van der Waals surface area contributed by atoms with E-state index in [1.807, 2.05) is 50.2 Å². The maximum absolute atomic E-state index is 12.5. The first-order valence-electron chi connectivity index (χ1n) is 23.6. The minimum atomic E-state index is -2.17. The van der Waals surface area contributed by atoms with E-state index in [4.69, 9.17) is 14.1 Å². The molecule has 0 radical (unpaired) electrons. The molecular formula is C58H61N3O. The van der Waals surface area contributed by atoms with Gasteiger partial charge in [0.05, 0.1) is 22.3 Å². The topological polar surface area (TPSA) is 50.9 Å². The van der Waals surface area contributed by atoms with Crippen LogP contribution in [-0.4, -0.2) is 19.6 Å². The molecule has 0 aliphatic rings. The van der Waals surface area contributed by atoms with Crippen LogP contribution >= 0.6 is 0 Å². The minimum absolute atomic E-state index is 0.201. The number of aryl methyl sites for hydroxylation is 1. The third-order valence-electron chi connectivity index (χ3n) is 12.0. The van der Waals surface area contributed by atoms with E-state index in [2.05, 4.69) is 152 Å². The van der Waals surface area contributed by atoms with Crippen LogP contribution in [0, 0.1) is 6.85 Å². The van der Waals surface area contributed by atoms with E-state index in [0.717, 1.165) is 83.6 Å². The quantitative estimate of drug-likeness (QED) is 0.174. The number of imidazole rings is 1. The number of aromatic nitrogens is 3. The number of rotatable bonds is 7. The van der Waals surface area contributed by atoms with Gasteiger partial charge in [-0.1, -0.05) is 167 Å². The molecule has 0 unspecified atom stereocenters. The third kappa shape index (κ3) is 8.23. The van der Waals surface area contributed by atoms with Crippen LogP contribution in [0.2, 0.25) is 0 Å². The standard InChI is InChI=1S/C58H61N3O/c1-36(2)48-35-45(25-26-46(48)39-17-14-13-15-18-39)61-52-20-16-19-47(53(52)60-55(61)49-33-44(57(7,8)9)34-50(54(49)62)58(10,11)12)41-29-42(31-43(30-41)56(4,5)6)51-32-40(27-28-59-51)38-23-21-37(3)22-24-38/h13-36,62H,1-12H3/i3D3,36D. The second-order valence-electron chi connectivity index (χ2n) is 20.0. The Balaban J connectivity index is 1.40. The number of phenols is 1. The van der Waals surface area contributed by atoms with Crippen molar-refractivity contribution < 1.29 is 10.6 Å². The molecule has 314 valence electrons. The Morgan fingerprint density at radius 3 is 1.94 bits per heavy atom. The zero-order valence-electron chi connectivity index (χ0n) is 42.1. The molecule has 8 rings (SSSR count). The van der Waals surface area contributed by atoms with Crippen LogP contribution in [0.4, 0.5) is 0 Å². The predicted octanol–water partition coefficient (Wildman–Crippen LogP) is 15.8. The Kier molecular flexibility index (Phi) is 9.61. The van der Waals surface area contributed by atoms with Crippen molar-refractivity contribution in [1.82, 2.24) is 14.5 Å². The highest BCUT2D eigenvalue weighted by Crippen LogP contribution is 2.45. The lowest BCUT2D eigenvalue weighted by molar-refractivity contribution is 0.446. The zero-order valence-corrected chi connectivity index (χ0v) is 38.1. The molecule has 2 heterocycles. The van der Waals surface area contributed by atoms with Gasteiger partial charge in [-0.05, 0) is 122 Å². The van der Waals surface area contributed by atoms with Crippen LogP contribution in [0.25, 0.3) is 72.7 Å². The maximum atomic E-state index is 12.5. The summed E-state index contributed by atoms with van der Waals surface area (Å²) in [4.78, 5) is 10.5. The van der Waals surface area contributed by atoms with Crippen molar-refractivity contribution in [2.45, 2.75) is 105 Å². The number of phenolic OH excluding ortho intramolecular Hbond substituents is 1. The van der Waals surface area contributed by atoms with Gasteiger partial charge in [0.25, 0.3) is 0 Å². The summed E-state index contributed by atoms with van der Waals surface area (Å²) in [7, 11) is 0. The number of aromatic hydroxyl groups is 1. The van der Waals surface area contributed by atoms with E-state index < -0.39 is 12.7 Å². The van der Waals surface area contributed by atoms with Gasteiger partial charge in [0.2, 0.25) is 0 Å². The van der Waals surface area contributed by atoms with Crippen molar-refractivity contribution in [2.24, 2.45) is 0 Å². The normalized spacial score (nSPS) is 13.7. The summed E-state index contributed by atoms with van der Waals surface area (Å²) in [6.45, 7) is 21.3. The van der Waals surface area contributed by atoms with Crippen molar-refractivity contribution in [2.75, 3.05) is 0 Å². The molecule has 1 N–H and O–H groups in total. The minimum Gasteiger partial charge on any atom is -0.507 e. The van der Waals surface area contributed by atoms with Gasteiger partial charge in [-0.2, -0.15) is 0 Å². The highest BCUT2D eigenvalue weighted by Gasteiger charge is 2.29. The van der Waals surface area contributed by atoms with Gasteiger partial charge in [0.15, 0.2) is 0 Å². The fourth-order valence-electron chi connectivity index (χ4n) is 8.33. The monoisotopic (exact) mass is 820 g/mol. The number of nitrogens with zero attached hydrogens (tertiary/aromatic N) is 3. The number of benzene rings is 6. The Labute approximate surface area is 375 Å². The highest BCUT2D eigenvalue weighted by atomic mass is 16.3. The van der Waals surface area contributed by atoms with E-state index in [-0.39, 0.29) is 22.0 Å². The summed E-state index contributed by atoms with van der Waals surface area (Å²) in [5.74, 6) is -0.127. The second kappa shape index (κ2) is 15.9. The van der Waals surface area contributed by atoms with Crippen molar-refractivity contribution in [3.05, 3.63) is 167 Å². The molecule has 0 saturated heterocycles. The zero-order chi connectivity index (χ0) is 47.7. The lowest BCUT2D eigenvalue weighted by Gasteiger charge is -2.27. The van der Waals surface area contributed by atoms with Crippen molar-refractivity contribution in [3.63, 3.8) is 0 Å². The van der Waals surface area contributed by atoms with Crippen molar-refractivity contribution in [1.29, 1.82) is 0 Å². The number of pyridine rings is 1. The van der Waals surface area contributed by atoms with E-state index >= 15 is 0 Å². The highest BCUT2D eigenvalue weighted by molar-refractivity contribution is 5.97. The Morgan fingerprint density at radius 2 is 1.27 bits per heavy atom. The lowest BCUT2D eigenvalue weighted by atomic mass is 9.79. The van der Waals surface area contributed by atoms with Crippen LogP contribution in [0.15, 0.2) is 140 Å². The summed E-state index contributed by atoms with van der Waals surface area (Å²) in [5, 5.41) is 12.5. The Hall–Kier alpha value is -6.26. The first-order valence-corrected chi connectivity index (χ1v) is 21.6. The van der Waals surface area contributed by atoms with E-state index in [0.29, 0.717) is 17.0 Å². The van der Waals surface area contributed by atoms with Crippen LogP contribution in [0.3, 0.4) is 0 Å². The molecule has 62 heavy (non-hydrogen) atoms. The van der Waals surface area contributed by atoms with E-state index in [1.165, 1.54) is 0 Å². The fraction of sp³-hybridized carbons (Fsp3) is 0.276. The van der Waals surface area contributed by atoms with Crippen LogP contribution in [0.5, 0.6) is 5.75 Å². The molecule has 0 saturated carbocycles. The van der Waals surface area contributed by atoms with Crippen LogP contribution < -0.4 is 0 Å². The molecular weight excluding hydrogens is 755 g/mol. The Morgan fingerprint density at radius 1 is 0.581 bits per heavy atom. The number of fused-ring (bicyclic) bond motifs is 1. The van der Waals surface area contributed by atoms with Gasteiger partial charge in [-0.25, -0.2) is 4.98 Å². The molecule has 4 nitrogen and oxygen atoms in total. The summed E-state index contributed by atoms with van der Waals surface area (Å²) >= 11 is 0. The Bertz CT molecular complexity index is 3100. The largest absolute Gasteiger partial charge is 0.507 e. The number of hydrogen-bond donors (Lipinski definition) is 1. The number of para-hydroxylation sites is 1. The summed E-state index contributed by atoms with van der Waals surface area (Å²) in [6.07, 6.45) is 1.81. The first kappa shape index (κ1) is 37.5. The molecule has 0 aliphatic carbocycles. The average Bonchev–Trinajstić information content (AvgIpc) is 3.64. The molecule has 0 atom stereocenters. The fourth-order valence-corrected chi connectivity index (χ4v) is 8.33. The van der Waals surface area contributed by atoms with E-state index in [1.54, 1.807) is 18.3 Å². The van der Waals surface area contributed by atoms with Gasteiger partial charge in [-0.15, -0.1) is 0 Å². The molecule has 0 aliphatic heterocycles. The average molecular weight is 820 g/mol. The van der Waals surface area contributed by atoms with Gasteiger partial charge >= 0.3 is 0 Å². The van der Waals surface area contributed by atoms with Crippen LogP contribution in [0.1, 0.15) is 115 Å². The molecule has 0 amide bonds. The van der Waals surface area contributed by atoms with Crippen molar-refractivity contribution in [3.8, 4) is 67.5 Å². The molecule has 4 heteroatoms. The molecule has 6 aromatic carbocycles. The van der Waals surface area contributed by atoms with Crippen molar-refractivity contribution >= 4 is 11.0 Å². The summed E-state index contributed by atoms with van der Waals surface area (Å²) < 4.78 is 35.1. The predicted molar refractivity (Wildman–Crippen MR) is 263 cm³/mol. The SMILES string of the molecule is [2H]C([2H])([2H])c1ccc(-c2ccnc(-c3cc(-c4cccc5c4nc(-c4cc(C(C)(C)C)cc(C(C)(C)C)c4O)n5-c4ccc(-c5ccccc5)c(C([2H])(C)C)c4)cc(C(C)(C)C)c3)c2)cc1. The first-order chi connectivity index (χ1) is 30.8. The van der Waals surface area contributed by atoms with Gasteiger partial charge in [-0.3, -0.25) is 9.55 Å². The molecule has 0 bridgehead atoms. The molecule has 8 aromatic rings. The van der Waals surface area contributed by atoms with Gasteiger partial charge in [0.1, 0.15) is 11.6 Å². The number of hydrogen-bond acceptors (Lipinski definition) is 3.